The van der Waals surface area contributed by atoms with Crippen LogP contribution in [0.4, 0.5) is 0 Å². The molecule has 2 aliphatic carbocycles. The van der Waals surface area contributed by atoms with Crippen molar-refractivity contribution < 1.29 is 19.1 Å². The van der Waals surface area contributed by atoms with Gasteiger partial charge >= 0.3 is 11.9 Å². The smallest absolute Gasteiger partial charge is 0.333 e. The zero-order valence-corrected chi connectivity index (χ0v) is 20.5. The Balaban J connectivity index is 1.26. The summed E-state index contributed by atoms with van der Waals surface area (Å²) in [6.07, 6.45) is 2.24. The predicted molar refractivity (Wildman–Crippen MR) is 138 cm³/mol. The van der Waals surface area contributed by atoms with Gasteiger partial charge in [0.25, 0.3) is 0 Å². The number of hydrogen-bond donors (Lipinski definition) is 0. The third-order valence-corrected chi connectivity index (χ3v) is 8.23. The second kappa shape index (κ2) is 7.81. The molecule has 6 rings (SSSR count). The number of carbonyl (C=O) groups excluding carboxylic acids is 2. The van der Waals surface area contributed by atoms with Crippen molar-refractivity contribution in [3.63, 3.8) is 0 Å². The molecule has 178 valence electrons. The minimum Gasteiger partial charge on any atom is -0.459 e. The molecule has 0 heterocycles. The van der Waals surface area contributed by atoms with E-state index in [0.717, 1.165) is 23.8 Å². The molecule has 4 nitrogen and oxygen atoms in total. The van der Waals surface area contributed by atoms with Crippen molar-refractivity contribution >= 4 is 44.3 Å². The van der Waals surface area contributed by atoms with E-state index in [-0.39, 0.29) is 35.8 Å². The molecular weight excluding hydrogens is 436 g/mol. The highest BCUT2D eigenvalue weighted by atomic mass is 16.6. The first-order valence-electron chi connectivity index (χ1n) is 12.5. The molecule has 4 heteroatoms. The number of rotatable bonds is 5. The Bertz CT molecular complexity index is 1480. The van der Waals surface area contributed by atoms with Crippen molar-refractivity contribution in [3.8, 4) is 0 Å². The van der Waals surface area contributed by atoms with Crippen LogP contribution in [0.25, 0.3) is 32.3 Å². The van der Waals surface area contributed by atoms with E-state index >= 15 is 0 Å². The molecule has 4 atom stereocenters. The molecule has 0 N–H and O–H groups in total. The van der Waals surface area contributed by atoms with Gasteiger partial charge in [0.15, 0.2) is 0 Å². The molecule has 0 aliphatic heterocycles. The lowest BCUT2D eigenvalue weighted by Crippen LogP contribution is -2.35. The summed E-state index contributed by atoms with van der Waals surface area (Å²) in [6, 6.07) is 19.3. The lowest BCUT2D eigenvalue weighted by Gasteiger charge is -2.32. The van der Waals surface area contributed by atoms with Crippen molar-refractivity contribution in [2.75, 3.05) is 0 Å². The molecule has 2 fully saturated rings. The number of benzene rings is 4. The maximum Gasteiger partial charge on any atom is 0.333 e. The van der Waals surface area contributed by atoms with Crippen LogP contribution < -0.4 is 0 Å². The van der Waals surface area contributed by atoms with Gasteiger partial charge in [0.05, 0.1) is 5.92 Å². The monoisotopic (exact) mass is 466 g/mol. The van der Waals surface area contributed by atoms with Crippen molar-refractivity contribution in [2.24, 2.45) is 17.8 Å². The van der Waals surface area contributed by atoms with Crippen molar-refractivity contribution in [3.05, 3.63) is 72.3 Å². The minimum atomic E-state index is -0.771. The molecule has 0 aromatic heterocycles. The predicted octanol–water partition coefficient (Wildman–Crippen LogP) is 6.90. The van der Waals surface area contributed by atoms with Gasteiger partial charge in [-0.25, -0.2) is 4.79 Å². The lowest BCUT2D eigenvalue weighted by molar-refractivity contribution is -0.165. The van der Waals surface area contributed by atoms with Gasteiger partial charge < -0.3 is 9.47 Å². The number of ether oxygens (including phenoxy) is 2. The van der Waals surface area contributed by atoms with Crippen LogP contribution in [0.2, 0.25) is 0 Å². The zero-order chi connectivity index (χ0) is 24.5. The number of fused-ring (bicyclic) bond motifs is 2. The molecule has 2 saturated carbocycles. The van der Waals surface area contributed by atoms with Crippen LogP contribution in [0, 0.1) is 17.8 Å². The average Bonchev–Trinajstić information content (AvgIpc) is 3.43. The van der Waals surface area contributed by atoms with E-state index in [9.17, 15) is 9.59 Å². The number of carbonyl (C=O) groups is 2. The van der Waals surface area contributed by atoms with Crippen LogP contribution in [0.3, 0.4) is 0 Å². The summed E-state index contributed by atoms with van der Waals surface area (Å²) in [5.41, 5.74) is 0.666. The molecule has 0 spiro atoms. The maximum atomic E-state index is 13.4. The molecule has 2 aliphatic rings. The van der Waals surface area contributed by atoms with Gasteiger partial charge in [-0.1, -0.05) is 61.2 Å². The summed E-state index contributed by atoms with van der Waals surface area (Å²) in [6.45, 7) is 9.31. The first kappa shape index (κ1) is 22.1. The van der Waals surface area contributed by atoms with E-state index in [1.165, 1.54) is 26.9 Å². The molecule has 35 heavy (non-hydrogen) atoms. The fraction of sp³-hybridized carbons (Fsp3) is 0.355. The Morgan fingerprint density at radius 2 is 1.51 bits per heavy atom. The van der Waals surface area contributed by atoms with Gasteiger partial charge in [-0.15, -0.1) is 0 Å². The first-order chi connectivity index (χ1) is 16.7. The Hall–Kier alpha value is -3.40. The van der Waals surface area contributed by atoms with Crippen LogP contribution in [-0.2, 0) is 24.7 Å². The van der Waals surface area contributed by atoms with Gasteiger partial charge in [-0.2, -0.15) is 0 Å². The topological polar surface area (TPSA) is 52.6 Å². The number of hydrogen-bond acceptors (Lipinski definition) is 4. The van der Waals surface area contributed by atoms with Crippen LogP contribution in [0.15, 0.2) is 66.7 Å². The van der Waals surface area contributed by atoms with E-state index < -0.39 is 5.60 Å². The summed E-state index contributed by atoms with van der Waals surface area (Å²) in [5.74, 6) is -0.195. The summed E-state index contributed by atoms with van der Waals surface area (Å²) < 4.78 is 11.9. The highest BCUT2D eigenvalue weighted by Gasteiger charge is 2.51. The van der Waals surface area contributed by atoms with E-state index in [0.29, 0.717) is 12.0 Å². The largest absolute Gasteiger partial charge is 0.459 e. The minimum absolute atomic E-state index is 0.112. The Labute approximate surface area is 205 Å². The van der Waals surface area contributed by atoms with Gasteiger partial charge in [0.2, 0.25) is 0 Å². The second-order valence-electron chi connectivity index (χ2n) is 11.0. The van der Waals surface area contributed by atoms with E-state index in [1.54, 1.807) is 6.92 Å². The molecule has 0 saturated heterocycles. The average molecular weight is 467 g/mol. The Morgan fingerprint density at radius 1 is 0.857 bits per heavy atom. The molecule has 0 radical (unpaired) electrons. The van der Waals surface area contributed by atoms with Crippen LogP contribution in [0.5, 0.6) is 0 Å². The van der Waals surface area contributed by atoms with Crippen LogP contribution in [-0.4, -0.2) is 18.0 Å². The van der Waals surface area contributed by atoms with Gasteiger partial charge in [0, 0.05) is 11.1 Å². The molecule has 2 bridgehead atoms. The molecule has 4 unspecified atom stereocenters. The standard InChI is InChI=1S/C31H30O4/c1-17(2)29(32)34-26-16-21-14-22(26)15-24(21)30(33)35-31(3,4)25-13-11-20-9-8-18-6-5-7-19-10-12-23(25)28(20)27(18)19/h5-13,21-22,24,26H,1,14-16H2,2-4H3. The molecule has 0 amide bonds. The van der Waals surface area contributed by atoms with Gasteiger partial charge in [0.1, 0.15) is 11.7 Å². The first-order valence-corrected chi connectivity index (χ1v) is 12.5. The van der Waals surface area contributed by atoms with Gasteiger partial charge in [-0.05, 0) is 84.2 Å². The van der Waals surface area contributed by atoms with Gasteiger partial charge in [-0.3, -0.25) is 4.79 Å². The SMILES string of the molecule is C=C(C)C(=O)OC1CC2CC1CC2C(=O)OC(C)(C)c1ccc2ccc3cccc4ccc1c2c34. The summed E-state index contributed by atoms with van der Waals surface area (Å²) >= 11 is 0. The van der Waals surface area contributed by atoms with Crippen molar-refractivity contribution in [1.29, 1.82) is 0 Å². The van der Waals surface area contributed by atoms with Crippen molar-refractivity contribution in [1.82, 2.24) is 0 Å². The molecular formula is C31H30O4. The van der Waals surface area contributed by atoms with E-state index in [4.69, 9.17) is 9.47 Å². The summed E-state index contributed by atoms with van der Waals surface area (Å²) in [7, 11) is 0. The third-order valence-electron chi connectivity index (χ3n) is 8.23. The Kier molecular flexibility index (Phi) is 4.93. The fourth-order valence-electron chi connectivity index (χ4n) is 6.54. The fourth-order valence-corrected chi connectivity index (χ4v) is 6.54. The van der Waals surface area contributed by atoms with E-state index in [2.05, 4.69) is 61.2 Å². The molecule has 4 aromatic carbocycles. The maximum absolute atomic E-state index is 13.4. The highest BCUT2D eigenvalue weighted by Crippen LogP contribution is 2.51. The quantitative estimate of drug-likeness (QED) is 0.182. The normalized spacial score (nSPS) is 23.9. The third kappa shape index (κ3) is 3.50. The Morgan fingerprint density at radius 3 is 2.17 bits per heavy atom. The van der Waals surface area contributed by atoms with E-state index in [1.807, 2.05) is 13.8 Å². The zero-order valence-electron chi connectivity index (χ0n) is 20.5. The van der Waals surface area contributed by atoms with Crippen LogP contribution in [0.1, 0.15) is 45.6 Å². The highest BCUT2D eigenvalue weighted by molar-refractivity contribution is 6.23. The number of esters is 2. The van der Waals surface area contributed by atoms with Crippen LogP contribution >= 0.6 is 0 Å². The van der Waals surface area contributed by atoms with Crippen molar-refractivity contribution in [2.45, 2.75) is 51.7 Å². The lowest BCUT2D eigenvalue weighted by atomic mass is 9.85. The summed E-state index contributed by atoms with van der Waals surface area (Å²) in [5, 5.41) is 7.25. The summed E-state index contributed by atoms with van der Waals surface area (Å²) in [4.78, 5) is 25.3. The second-order valence-corrected chi connectivity index (χ2v) is 11.0. The molecule has 4 aromatic rings.